The standard InChI is InChI=1S/C14H20F2N2O/c1-9-3-4-12(15)14(13(9)16)18-10(2)7-11-8-19-6-5-17-11/h3-4,10-11,17-18H,5-8H2,1-2H3. The summed E-state index contributed by atoms with van der Waals surface area (Å²) in [5, 5.41) is 6.24. The molecule has 0 aromatic heterocycles. The molecule has 1 aliphatic rings. The molecule has 0 aliphatic carbocycles. The van der Waals surface area contributed by atoms with E-state index in [-0.39, 0.29) is 17.8 Å². The summed E-state index contributed by atoms with van der Waals surface area (Å²) in [6.45, 7) is 5.73. The molecular weight excluding hydrogens is 250 g/mol. The maximum Gasteiger partial charge on any atom is 0.152 e. The number of hydrogen-bond donors (Lipinski definition) is 2. The first-order chi connectivity index (χ1) is 9.08. The highest BCUT2D eigenvalue weighted by atomic mass is 19.1. The van der Waals surface area contributed by atoms with E-state index in [0.29, 0.717) is 12.2 Å². The second-order valence-corrected chi connectivity index (χ2v) is 5.06. The van der Waals surface area contributed by atoms with Gasteiger partial charge in [-0.05, 0) is 31.9 Å². The van der Waals surface area contributed by atoms with Crippen molar-refractivity contribution < 1.29 is 13.5 Å². The SMILES string of the molecule is Cc1ccc(F)c(NC(C)CC2COCCN2)c1F. The van der Waals surface area contributed by atoms with Gasteiger partial charge in [0.2, 0.25) is 0 Å². The van der Waals surface area contributed by atoms with Gasteiger partial charge in [0.15, 0.2) is 5.82 Å². The van der Waals surface area contributed by atoms with Gasteiger partial charge in [-0.3, -0.25) is 0 Å². The third kappa shape index (κ3) is 3.64. The van der Waals surface area contributed by atoms with E-state index in [2.05, 4.69) is 10.6 Å². The Balaban J connectivity index is 1.98. The first kappa shape index (κ1) is 14.2. The normalized spacial score (nSPS) is 21.2. The van der Waals surface area contributed by atoms with E-state index in [9.17, 15) is 8.78 Å². The molecule has 2 atom stereocenters. The molecule has 1 aromatic rings. The van der Waals surface area contributed by atoms with Crippen molar-refractivity contribution in [1.29, 1.82) is 0 Å². The highest BCUT2D eigenvalue weighted by Gasteiger charge is 2.18. The molecule has 2 N–H and O–H groups in total. The summed E-state index contributed by atoms with van der Waals surface area (Å²) in [4.78, 5) is 0. The van der Waals surface area contributed by atoms with Gasteiger partial charge in [-0.25, -0.2) is 8.78 Å². The molecule has 0 spiro atoms. The Labute approximate surface area is 112 Å². The molecule has 5 heteroatoms. The van der Waals surface area contributed by atoms with E-state index in [4.69, 9.17) is 4.74 Å². The smallest absolute Gasteiger partial charge is 0.152 e. The number of morpholine rings is 1. The molecule has 1 heterocycles. The molecule has 2 unspecified atom stereocenters. The van der Waals surface area contributed by atoms with Crippen LogP contribution in [0, 0.1) is 18.6 Å². The van der Waals surface area contributed by atoms with E-state index in [1.54, 1.807) is 6.92 Å². The van der Waals surface area contributed by atoms with Gasteiger partial charge in [0.25, 0.3) is 0 Å². The van der Waals surface area contributed by atoms with Crippen molar-refractivity contribution in [1.82, 2.24) is 5.32 Å². The molecule has 3 nitrogen and oxygen atoms in total. The van der Waals surface area contributed by atoms with Crippen LogP contribution in [0.25, 0.3) is 0 Å². The molecule has 1 saturated heterocycles. The highest BCUT2D eigenvalue weighted by molar-refractivity contribution is 5.49. The summed E-state index contributed by atoms with van der Waals surface area (Å²) in [6.07, 6.45) is 0.757. The topological polar surface area (TPSA) is 33.3 Å². The Morgan fingerprint density at radius 1 is 1.47 bits per heavy atom. The van der Waals surface area contributed by atoms with Gasteiger partial charge in [-0.1, -0.05) is 6.07 Å². The Bertz CT molecular complexity index is 434. The molecule has 1 aliphatic heterocycles. The second kappa shape index (κ2) is 6.30. The molecular formula is C14H20F2N2O. The van der Waals surface area contributed by atoms with Gasteiger partial charge < -0.3 is 15.4 Å². The van der Waals surface area contributed by atoms with E-state index in [1.807, 2.05) is 6.92 Å². The largest absolute Gasteiger partial charge is 0.379 e. The summed E-state index contributed by atoms with van der Waals surface area (Å²) >= 11 is 0. The molecule has 19 heavy (non-hydrogen) atoms. The molecule has 0 radical (unpaired) electrons. The number of rotatable bonds is 4. The summed E-state index contributed by atoms with van der Waals surface area (Å²) in [7, 11) is 0. The lowest BCUT2D eigenvalue weighted by atomic mass is 10.1. The Morgan fingerprint density at radius 2 is 2.26 bits per heavy atom. The molecule has 106 valence electrons. The first-order valence-electron chi connectivity index (χ1n) is 6.60. The van der Waals surface area contributed by atoms with Crippen molar-refractivity contribution in [3.05, 3.63) is 29.3 Å². The van der Waals surface area contributed by atoms with Crippen LogP contribution in [0.2, 0.25) is 0 Å². The fourth-order valence-electron chi connectivity index (χ4n) is 2.29. The third-order valence-electron chi connectivity index (χ3n) is 3.31. The lowest BCUT2D eigenvalue weighted by molar-refractivity contribution is 0.0731. The van der Waals surface area contributed by atoms with Crippen LogP contribution in [-0.2, 0) is 4.74 Å². The van der Waals surface area contributed by atoms with Crippen LogP contribution in [0.4, 0.5) is 14.5 Å². The van der Waals surface area contributed by atoms with Crippen molar-refractivity contribution in [3.8, 4) is 0 Å². The van der Waals surface area contributed by atoms with Gasteiger partial charge in [-0.15, -0.1) is 0 Å². The maximum atomic E-state index is 13.9. The lowest BCUT2D eigenvalue weighted by Gasteiger charge is -2.27. The van der Waals surface area contributed by atoms with Gasteiger partial charge in [0.05, 0.1) is 13.2 Å². The van der Waals surface area contributed by atoms with Crippen molar-refractivity contribution in [2.24, 2.45) is 0 Å². The highest BCUT2D eigenvalue weighted by Crippen LogP contribution is 2.23. The van der Waals surface area contributed by atoms with Crippen LogP contribution >= 0.6 is 0 Å². The fourth-order valence-corrected chi connectivity index (χ4v) is 2.29. The molecule has 0 bridgehead atoms. The quantitative estimate of drug-likeness (QED) is 0.881. The Hall–Kier alpha value is -1.20. The summed E-state index contributed by atoms with van der Waals surface area (Å²) < 4.78 is 32.8. The van der Waals surface area contributed by atoms with Crippen LogP contribution < -0.4 is 10.6 Å². The van der Waals surface area contributed by atoms with E-state index >= 15 is 0 Å². The van der Waals surface area contributed by atoms with Crippen molar-refractivity contribution >= 4 is 5.69 Å². The van der Waals surface area contributed by atoms with Gasteiger partial charge in [0, 0.05) is 18.6 Å². The third-order valence-corrected chi connectivity index (χ3v) is 3.31. The van der Waals surface area contributed by atoms with E-state index < -0.39 is 11.6 Å². The zero-order valence-corrected chi connectivity index (χ0v) is 11.3. The number of halogens is 2. The van der Waals surface area contributed by atoms with E-state index in [1.165, 1.54) is 12.1 Å². The van der Waals surface area contributed by atoms with E-state index in [0.717, 1.165) is 19.6 Å². The molecule has 0 amide bonds. The van der Waals surface area contributed by atoms with Gasteiger partial charge in [-0.2, -0.15) is 0 Å². The monoisotopic (exact) mass is 270 g/mol. The van der Waals surface area contributed by atoms with Gasteiger partial charge >= 0.3 is 0 Å². The molecule has 2 rings (SSSR count). The van der Waals surface area contributed by atoms with Crippen molar-refractivity contribution in [3.63, 3.8) is 0 Å². The van der Waals surface area contributed by atoms with Gasteiger partial charge in [0.1, 0.15) is 11.5 Å². The second-order valence-electron chi connectivity index (χ2n) is 5.06. The minimum atomic E-state index is -0.553. The average Bonchev–Trinajstić information content (AvgIpc) is 2.40. The molecule has 0 saturated carbocycles. The van der Waals surface area contributed by atoms with Crippen LogP contribution in [-0.4, -0.2) is 31.8 Å². The minimum Gasteiger partial charge on any atom is -0.379 e. The van der Waals surface area contributed by atoms with Crippen LogP contribution in [0.1, 0.15) is 18.9 Å². The number of ether oxygens (including phenoxy) is 1. The molecule has 1 fully saturated rings. The van der Waals surface area contributed by atoms with Crippen molar-refractivity contribution in [2.45, 2.75) is 32.4 Å². The average molecular weight is 270 g/mol. The van der Waals surface area contributed by atoms with Crippen molar-refractivity contribution in [2.75, 3.05) is 25.1 Å². The Kier molecular flexibility index (Phi) is 4.71. The van der Waals surface area contributed by atoms with Crippen LogP contribution in [0.5, 0.6) is 0 Å². The summed E-state index contributed by atoms with van der Waals surface area (Å²) in [5.41, 5.74) is 0.402. The summed E-state index contributed by atoms with van der Waals surface area (Å²) in [5.74, 6) is -1.07. The zero-order chi connectivity index (χ0) is 13.8. The number of benzene rings is 1. The number of hydrogen-bond acceptors (Lipinski definition) is 3. The number of anilines is 1. The lowest BCUT2D eigenvalue weighted by Crippen LogP contribution is -2.43. The number of aryl methyl sites for hydroxylation is 1. The van der Waals surface area contributed by atoms with Crippen LogP contribution in [0.3, 0.4) is 0 Å². The zero-order valence-electron chi connectivity index (χ0n) is 11.3. The Morgan fingerprint density at radius 3 is 2.95 bits per heavy atom. The molecule has 1 aromatic carbocycles. The predicted octanol–water partition coefficient (Wildman–Crippen LogP) is 2.45. The first-order valence-corrected chi connectivity index (χ1v) is 6.60. The predicted molar refractivity (Wildman–Crippen MR) is 71.4 cm³/mol. The number of nitrogens with one attached hydrogen (secondary N) is 2. The fraction of sp³-hybridized carbons (Fsp3) is 0.571. The minimum absolute atomic E-state index is 0.0370. The van der Waals surface area contributed by atoms with Crippen LogP contribution in [0.15, 0.2) is 12.1 Å². The maximum absolute atomic E-state index is 13.9. The summed E-state index contributed by atoms with van der Waals surface area (Å²) in [6, 6.07) is 2.92.